The average molecular weight is 208 g/mol. The van der Waals surface area contributed by atoms with Crippen LogP contribution in [0, 0.1) is 6.92 Å². The minimum absolute atomic E-state index is 0.265. The highest BCUT2D eigenvalue weighted by Gasteiger charge is 2.33. The minimum Gasteiger partial charge on any atom is -0.464 e. The van der Waals surface area contributed by atoms with Crippen LogP contribution in [0.4, 0.5) is 0 Å². The quantitative estimate of drug-likeness (QED) is 0.770. The van der Waals surface area contributed by atoms with Crippen LogP contribution in [-0.4, -0.2) is 17.7 Å². The largest absolute Gasteiger partial charge is 0.464 e. The summed E-state index contributed by atoms with van der Waals surface area (Å²) in [4.78, 5) is 11.5. The lowest BCUT2D eigenvalue weighted by Crippen LogP contribution is -2.34. The highest BCUT2D eigenvalue weighted by atomic mass is 16.5. The van der Waals surface area contributed by atoms with Crippen molar-refractivity contribution in [1.29, 1.82) is 0 Å². The van der Waals surface area contributed by atoms with Gasteiger partial charge in [0.1, 0.15) is 0 Å². The smallest absolute Gasteiger partial charge is 0.342 e. The van der Waals surface area contributed by atoms with Crippen molar-refractivity contribution in [2.75, 3.05) is 6.61 Å². The van der Waals surface area contributed by atoms with Crippen LogP contribution in [0.5, 0.6) is 0 Å². The summed E-state index contributed by atoms with van der Waals surface area (Å²) in [5.74, 6) is -0.617. The van der Waals surface area contributed by atoms with Gasteiger partial charge in [0.2, 0.25) is 0 Å². The summed E-state index contributed by atoms with van der Waals surface area (Å²) < 4.78 is 4.80. The third-order valence-electron chi connectivity index (χ3n) is 2.29. The standard InChI is InChI=1S/C12H16O3/c1-4-15-11(13)12(3,14)10-7-5-9(2)6-8-10/h5-8,14H,4H2,1-3H3. The Morgan fingerprint density at radius 1 is 1.40 bits per heavy atom. The van der Waals surface area contributed by atoms with Gasteiger partial charge in [0.05, 0.1) is 6.61 Å². The fourth-order valence-corrected chi connectivity index (χ4v) is 1.27. The molecule has 0 aliphatic rings. The van der Waals surface area contributed by atoms with Crippen molar-refractivity contribution in [3.05, 3.63) is 35.4 Å². The number of benzene rings is 1. The Balaban J connectivity index is 2.94. The van der Waals surface area contributed by atoms with E-state index in [1.54, 1.807) is 19.1 Å². The van der Waals surface area contributed by atoms with Gasteiger partial charge in [0.15, 0.2) is 5.60 Å². The number of hydrogen-bond donors (Lipinski definition) is 1. The number of hydrogen-bond acceptors (Lipinski definition) is 3. The van der Waals surface area contributed by atoms with E-state index in [1.165, 1.54) is 6.92 Å². The van der Waals surface area contributed by atoms with Crippen LogP contribution in [0.2, 0.25) is 0 Å². The number of rotatable bonds is 3. The van der Waals surface area contributed by atoms with E-state index in [-0.39, 0.29) is 6.61 Å². The number of aliphatic hydroxyl groups is 1. The van der Waals surface area contributed by atoms with Gasteiger partial charge in [0.25, 0.3) is 0 Å². The second kappa shape index (κ2) is 4.45. The zero-order valence-electron chi connectivity index (χ0n) is 9.28. The Morgan fingerprint density at radius 3 is 2.40 bits per heavy atom. The molecule has 15 heavy (non-hydrogen) atoms. The molecule has 1 aromatic carbocycles. The molecule has 1 aromatic rings. The van der Waals surface area contributed by atoms with Gasteiger partial charge < -0.3 is 9.84 Å². The second-order valence-corrected chi connectivity index (χ2v) is 3.66. The van der Waals surface area contributed by atoms with Crippen LogP contribution >= 0.6 is 0 Å². The first-order valence-electron chi connectivity index (χ1n) is 4.95. The molecule has 1 unspecified atom stereocenters. The third kappa shape index (κ3) is 2.57. The van der Waals surface area contributed by atoms with Gasteiger partial charge in [-0.1, -0.05) is 29.8 Å². The van der Waals surface area contributed by atoms with E-state index >= 15 is 0 Å². The summed E-state index contributed by atoms with van der Waals surface area (Å²) in [6.45, 7) is 5.36. The van der Waals surface area contributed by atoms with E-state index in [1.807, 2.05) is 19.1 Å². The Bertz CT molecular complexity index is 338. The molecule has 3 heteroatoms. The zero-order valence-corrected chi connectivity index (χ0v) is 9.28. The summed E-state index contributed by atoms with van der Waals surface area (Å²) in [5.41, 5.74) is 0.0638. The minimum atomic E-state index is -1.57. The van der Waals surface area contributed by atoms with Crippen LogP contribution < -0.4 is 0 Å². The van der Waals surface area contributed by atoms with Crippen molar-refractivity contribution in [3.63, 3.8) is 0 Å². The van der Waals surface area contributed by atoms with E-state index in [2.05, 4.69) is 0 Å². The van der Waals surface area contributed by atoms with Crippen LogP contribution in [0.25, 0.3) is 0 Å². The van der Waals surface area contributed by atoms with Crippen molar-refractivity contribution < 1.29 is 14.6 Å². The maximum absolute atomic E-state index is 11.5. The molecule has 0 heterocycles. The molecule has 0 aromatic heterocycles. The molecule has 1 N–H and O–H groups in total. The highest BCUT2D eigenvalue weighted by molar-refractivity contribution is 5.80. The SMILES string of the molecule is CCOC(=O)C(C)(O)c1ccc(C)cc1. The van der Waals surface area contributed by atoms with Gasteiger partial charge in [0, 0.05) is 0 Å². The predicted octanol–water partition coefficient (Wildman–Crippen LogP) is 1.77. The lowest BCUT2D eigenvalue weighted by molar-refractivity contribution is -0.164. The average Bonchev–Trinajstić information content (AvgIpc) is 2.18. The van der Waals surface area contributed by atoms with Crippen LogP contribution in [0.3, 0.4) is 0 Å². The number of carbonyl (C=O) groups is 1. The molecule has 0 radical (unpaired) electrons. The van der Waals surface area contributed by atoms with Crippen LogP contribution in [0.1, 0.15) is 25.0 Å². The summed E-state index contributed by atoms with van der Waals surface area (Å²) in [5, 5.41) is 10.0. The van der Waals surface area contributed by atoms with Crippen LogP contribution in [0.15, 0.2) is 24.3 Å². The summed E-state index contributed by atoms with van der Waals surface area (Å²) in [6.07, 6.45) is 0. The summed E-state index contributed by atoms with van der Waals surface area (Å²) in [7, 11) is 0. The molecule has 1 rings (SSSR count). The topological polar surface area (TPSA) is 46.5 Å². The van der Waals surface area contributed by atoms with E-state index in [4.69, 9.17) is 4.74 Å². The molecule has 0 aliphatic carbocycles. The molecule has 0 aliphatic heterocycles. The zero-order chi connectivity index (χ0) is 11.5. The maximum atomic E-state index is 11.5. The van der Waals surface area contributed by atoms with E-state index in [0.29, 0.717) is 5.56 Å². The molecular weight excluding hydrogens is 192 g/mol. The van der Waals surface area contributed by atoms with Gasteiger partial charge in [-0.3, -0.25) is 0 Å². The highest BCUT2D eigenvalue weighted by Crippen LogP contribution is 2.22. The van der Waals surface area contributed by atoms with Gasteiger partial charge in [-0.05, 0) is 26.3 Å². The van der Waals surface area contributed by atoms with Gasteiger partial charge in [-0.15, -0.1) is 0 Å². The molecule has 1 atom stereocenters. The normalized spacial score (nSPS) is 14.4. The lowest BCUT2D eigenvalue weighted by Gasteiger charge is -2.21. The third-order valence-corrected chi connectivity index (χ3v) is 2.29. The fourth-order valence-electron chi connectivity index (χ4n) is 1.27. The second-order valence-electron chi connectivity index (χ2n) is 3.66. The van der Waals surface area contributed by atoms with Gasteiger partial charge >= 0.3 is 5.97 Å². The fraction of sp³-hybridized carbons (Fsp3) is 0.417. The molecule has 0 amide bonds. The first-order chi connectivity index (χ1) is 6.98. The van der Waals surface area contributed by atoms with Gasteiger partial charge in [-0.2, -0.15) is 0 Å². The summed E-state index contributed by atoms with van der Waals surface area (Å²) in [6, 6.07) is 7.16. The molecule has 0 spiro atoms. The van der Waals surface area contributed by atoms with E-state index in [0.717, 1.165) is 5.56 Å². The van der Waals surface area contributed by atoms with E-state index in [9.17, 15) is 9.90 Å². The Hall–Kier alpha value is -1.35. The first-order valence-corrected chi connectivity index (χ1v) is 4.95. The molecular formula is C12H16O3. The van der Waals surface area contributed by atoms with Crippen molar-refractivity contribution in [3.8, 4) is 0 Å². The molecule has 0 fully saturated rings. The molecule has 0 saturated carbocycles. The summed E-state index contributed by atoms with van der Waals surface area (Å²) >= 11 is 0. The molecule has 0 bridgehead atoms. The maximum Gasteiger partial charge on any atom is 0.342 e. The molecule has 0 saturated heterocycles. The van der Waals surface area contributed by atoms with Gasteiger partial charge in [-0.25, -0.2) is 4.79 Å². The van der Waals surface area contributed by atoms with Crippen molar-refractivity contribution in [2.45, 2.75) is 26.4 Å². The Kier molecular flexibility index (Phi) is 3.48. The van der Waals surface area contributed by atoms with Crippen molar-refractivity contribution in [2.24, 2.45) is 0 Å². The number of esters is 1. The number of carbonyl (C=O) groups excluding carboxylic acids is 1. The molecule has 82 valence electrons. The molecule has 3 nitrogen and oxygen atoms in total. The van der Waals surface area contributed by atoms with Crippen LogP contribution in [-0.2, 0) is 15.1 Å². The van der Waals surface area contributed by atoms with Crippen molar-refractivity contribution >= 4 is 5.97 Å². The number of aryl methyl sites for hydroxylation is 1. The first kappa shape index (κ1) is 11.7. The van der Waals surface area contributed by atoms with Crippen molar-refractivity contribution in [1.82, 2.24) is 0 Å². The van der Waals surface area contributed by atoms with E-state index < -0.39 is 11.6 Å². The lowest BCUT2D eigenvalue weighted by atomic mass is 9.95. The Labute approximate surface area is 89.7 Å². The Morgan fingerprint density at radius 2 is 1.93 bits per heavy atom. The monoisotopic (exact) mass is 208 g/mol. The predicted molar refractivity (Wildman–Crippen MR) is 57.4 cm³/mol. The number of ether oxygens (including phenoxy) is 1.